The number of amides is 1. The Morgan fingerprint density at radius 1 is 1.03 bits per heavy atom. The molecule has 0 radical (unpaired) electrons. The van der Waals surface area contributed by atoms with E-state index in [1.165, 1.54) is 0 Å². The zero-order valence-corrected chi connectivity index (χ0v) is 19.9. The Bertz CT molecular complexity index is 1240. The van der Waals surface area contributed by atoms with Gasteiger partial charge in [0.15, 0.2) is 11.0 Å². The van der Waals surface area contributed by atoms with Crippen molar-refractivity contribution in [2.45, 2.75) is 24.1 Å². The van der Waals surface area contributed by atoms with Crippen molar-refractivity contribution in [3.05, 3.63) is 113 Å². The molecule has 0 unspecified atom stereocenters. The zero-order chi connectivity index (χ0) is 23.8. The van der Waals surface area contributed by atoms with E-state index in [0.29, 0.717) is 34.5 Å². The number of rotatable bonds is 10. The first kappa shape index (κ1) is 23.6. The van der Waals surface area contributed by atoms with E-state index in [1.807, 2.05) is 71.3 Å². The second-order valence-corrected chi connectivity index (χ2v) is 8.73. The molecule has 34 heavy (non-hydrogen) atoms. The Kier molecular flexibility index (Phi) is 8.01. The molecule has 6 nitrogen and oxygen atoms in total. The molecule has 0 atom stereocenters. The van der Waals surface area contributed by atoms with Crippen LogP contribution in [0, 0.1) is 0 Å². The fourth-order valence-corrected chi connectivity index (χ4v) is 4.20. The fourth-order valence-electron chi connectivity index (χ4n) is 3.15. The summed E-state index contributed by atoms with van der Waals surface area (Å²) in [6.07, 6.45) is 1.80. The highest BCUT2D eigenvalue weighted by molar-refractivity contribution is 7.98. The van der Waals surface area contributed by atoms with Gasteiger partial charge in [-0.25, -0.2) is 0 Å². The number of hydrogen-bond acceptors (Lipinski definition) is 5. The normalized spacial score (nSPS) is 10.6. The summed E-state index contributed by atoms with van der Waals surface area (Å²) >= 11 is 7.49. The first-order valence-corrected chi connectivity index (χ1v) is 12.0. The maximum atomic E-state index is 12.4. The highest BCUT2D eigenvalue weighted by Crippen LogP contribution is 2.24. The van der Waals surface area contributed by atoms with Crippen molar-refractivity contribution in [2.24, 2.45) is 0 Å². The van der Waals surface area contributed by atoms with Gasteiger partial charge in [0.05, 0.1) is 0 Å². The number of nitrogens with zero attached hydrogens (tertiary/aromatic N) is 3. The van der Waals surface area contributed by atoms with E-state index in [2.05, 4.69) is 22.1 Å². The highest BCUT2D eigenvalue weighted by atomic mass is 35.5. The maximum Gasteiger partial charge on any atom is 0.255 e. The molecule has 1 N–H and O–H groups in total. The molecule has 0 fully saturated rings. The van der Waals surface area contributed by atoms with Crippen LogP contribution in [0.15, 0.2) is 96.7 Å². The van der Waals surface area contributed by atoms with Crippen molar-refractivity contribution >= 4 is 35.0 Å². The number of thioether (sulfide) groups is 1. The summed E-state index contributed by atoms with van der Waals surface area (Å²) in [7, 11) is 0. The van der Waals surface area contributed by atoms with Crippen molar-refractivity contribution in [3.8, 4) is 5.75 Å². The van der Waals surface area contributed by atoms with E-state index in [-0.39, 0.29) is 12.5 Å². The predicted octanol–water partition coefficient (Wildman–Crippen LogP) is 6.24. The van der Waals surface area contributed by atoms with Crippen LogP contribution in [0.25, 0.3) is 0 Å². The topological polar surface area (TPSA) is 69.0 Å². The van der Waals surface area contributed by atoms with Crippen LogP contribution in [0.3, 0.4) is 0 Å². The fraction of sp³-hybridized carbons (Fsp3) is 0.115. The number of hydrogen-bond donors (Lipinski definition) is 1. The molecule has 172 valence electrons. The van der Waals surface area contributed by atoms with E-state index >= 15 is 0 Å². The molecule has 0 aliphatic carbocycles. The Morgan fingerprint density at radius 2 is 1.76 bits per heavy atom. The SMILES string of the molecule is C=CCn1c(COc2ccc(Cl)cc2)nnc1SCc1ccc(C(=O)Nc2ccccc2)cc1. The molecule has 3 aromatic carbocycles. The monoisotopic (exact) mass is 490 g/mol. The lowest BCUT2D eigenvalue weighted by molar-refractivity contribution is 0.102. The molecular formula is C26H23ClN4O2S. The molecule has 4 rings (SSSR count). The Hall–Kier alpha value is -3.55. The standard InChI is InChI=1S/C26H23ClN4O2S/c1-2-16-31-24(17-33-23-14-12-21(27)13-15-23)29-30-26(31)34-18-19-8-10-20(11-9-19)25(32)28-22-6-4-3-5-7-22/h2-15H,1,16-18H2,(H,28,32). The third kappa shape index (κ3) is 6.27. The van der Waals surface area contributed by atoms with Gasteiger partial charge in [0.2, 0.25) is 0 Å². The Balaban J connectivity index is 1.36. The third-order valence-corrected chi connectivity index (χ3v) is 6.19. The van der Waals surface area contributed by atoms with E-state index in [9.17, 15) is 4.79 Å². The van der Waals surface area contributed by atoms with Crippen molar-refractivity contribution in [1.82, 2.24) is 14.8 Å². The number of carbonyl (C=O) groups is 1. The first-order chi connectivity index (χ1) is 16.6. The lowest BCUT2D eigenvalue weighted by atomic mass is 10.1. The van der Waals surface area contributed by atoms with Gasteiger partial charge in [0.1, 0.15) is 12.4 Å². The van der Waals surface area contributed by atoms with Crippen LogP contribution in [0.1, 0.15) is 21.7 Å². The zero-order valence-electron chi connectivity index (χ0n) is 18.4. The average molecular weight is 491 g/mol. The molecule has 0 saturated heterocycles. The van der Waals surface area contributed by atoms with Crippen LogP contribution >= 0.6 is 23.4 Å². The van der Waals surface area contributed by atoms with Crippen LogP contribution in [0.5, 0.6) is 5.75 Å². The van der Waals surface area contributed by atoms with E-state index in [1.54, 1.807) is 30.0 Å². The van der Waals surface area contributed by atoms with Gasteiger partial charge in [0, 0.05) is 28.6 Å². The number of nitrogens with one attached hydrogen (secondary N) is 1. The van der Waals surface area contributed by atoms with Crippen molar-refractivity contribution in [1.29, 1.82) is 0 Å². The summed E-state index contributed by atoms with van der Waals surface area (Å²) in [4.78, 5) is 12.4. The lowest BCUT2D eigenvalue weighted by Crippen LogP contribution is -2.11. The van der Waals surface area contributed by atoms with Gasteiger partial charge in [-0.15, -0.1) is 16.8 Å². The minimum absolute atomic E-state index is 0.138. The largest absolute Gasteiger partial charge is 0.486 e. The van der Waals surface area contributed by atoms with Crippen molar-refractivity contribution in [3.63, 3.8) is 0 Å². The molecule has 8 heteroatoms. The Labute approximate surface area is 207 Å². The molecule has 0 aliphatic rings. The predicted molar refractivity (Wildman–Crippen MR) is 136 cm³/mol. The number of anilines is 1. The molecule has 0 spiro atoms. The molecular weight excluding hydrogens is 468 g/mol. The minimum Gasteiger partial charge on any atom is -0.486 e. The van der Waals surface area contributed by atoms with Crippen LogP contribution < -0.4 is 10.1 Å². The summed E-state index contributed by atoms with van der Waals surface area (Å²) in [5.41, 5.74) is 2.45. The van der Waals surface area contributed by atoms with E-state index < -0.39 is 0 Å². The lowest BCUT2D eigenvalue weighted by Gasteiger charge is -2.09. The summed E-state index contributed by atoms with van der Waals surface area (Å²) in [6, 6.07) is 24.1. The number of para-hydroxylation sites is 1. The summed E-state index contributed by atoms with van der Waals surface area (Å²) < 4.78 is 7.81. The molecule has 1 aromatic heterocycles. The van der Waals surface area contributed by atoms with Crippen LogP contribution in [-0.2, 0) is 18.9 Å². The van der Waals surface area contributed by atoms with Crippen molar-refractivity contribution < 1.29 is 9.53 Å². The summed E-state index contributed by atoms with van der Waals surface area (Å²) in [5.74, 6) is 1.98. The number of halogens is 1. The maximum absolute atomic E-state index is 12.4. The average Bonchev–Trinajstić information content (AvgIpc) is 3.25. The summed E-state index contributed by atoms with van der Waals surface area (Å²) in [5, 5.41) is 13.0. The second kappa shape index (κ2) is 11.5. The van der Waals surface area contributed by atoms with Crippen LogP contribution in [0.4, 0.5) is 5.69 Å². The van der Waals surface area contributed by atoms with Crippen LogP contribution in [0.2, 0.25) is 5.02 Å². The second-order valence-electron chi connectivity index (χ2n) is 7.35. The van der Waals surface area contributed by atoms with Gasteiger partial charge in [-0.3, -0.25) is 9.36 Å². The smallest absolute Gasteiger partial charge is 0.255 e. The number of allylic oxidation sites excluding steroid dienone is 1. The number of carbonyl (C=O) groups excluding carboxylic acids is 1. The number of aromatic nitrogens is 3. The van der Waals surface area contributed by atoms with Crippen molar-refractivity contribution in [2.75, 3.05) is 5.32 Å². The van der Waals surface area contributed by atoms with Gasteiger partial charge in [-0.2, -0.15) is 0 Å². The molecule has 0 bridgehead atoms. The number of ether oxygens (including phenoxy) is 1. The van der Waals surface area contributed by atoms with E-state index in [0.717, 1.165) is 16.4 Å². The quantitative estimate of drug-likeness (QED) is 0.210. The number of benzene rings is 3. The molecule has 0 aliphatic heterocycles. The van der Waals surface area contributed by atoms with Gasteiger partial charge in [-0.1, -0.05) is 59.8 Å². The highest BCUT2D eigenvalue weighted by Gasteiger charge is 2.13. The third-order valence-electron chi connectivity index (χ3n) is 4.90. The van der Waals surface area contributed by atoms with Gasteiger partial charge in [-0.05, 0) is 54.1 Å². The molecule has 1 amide bonds. The van der Waals surface area contributed by atoms with Gasteiger partial charge < -0.3 is 10.1 Å². The molecule has 1 heterocycles. The van der Waals surface area contributed by atoms with E-state index in [4.69, 9.17) is 16.3 Å². The van der Waals surface area contributed by atoms with Crippen LogP contribution in [-0.4, -0.2) is 20.7 Å². The first-order valence-electron chi connectivity index (χ1n) is 10.6. The van der Waals surface area contributed by atoms with Gasteiger partial charge in [0.25, 0.3) is 5.91 Å². The van der Waals surface area contributed by atoms with Gasteiger partial charge >= 0.3 is 0 Å². The molecule has 4 aromatic rings. The minimum atomic E-state index is -0.138. The Morgan fingerprint density at radius 3 is 2.47 bits per heavy atom. The summed E-state index contributed by atoms with van der Waals surface area (Å²) in [6.45, 7) is 4.70. The molecule has 0 saturated carbocycles.